The maximum Gasteiger partial charge on any atom is 0.323 e. The molecule has 6 nitrogen and oxygen atoms in total. The third-order valence-electron chi connectivity index (χ3n) is 7.15. The molecule has 3 aromatic rings. The highest BCUT2D eigenvalue weighted by molar-refractivity contribution is 5.87. The van der Waals surface area contributed by atoms with Crippen LogP contribution in [0.3, 0.4) is 0 Å². The van der Waals surface area contributed by atoms with E-state index in [2.05, 4.69) is 27.3 Å². The standard InChI is InChI=1S/C26H30FN3O3/c1-32-12-11-28-16-13-22(18-8-3-5-9-20(18)27)30-23(14-16)25-19(15-24(30)26(31)33-2)17-7-4-6-10-21(17)29-25/h3-10,16,22-24,28-29H,11-15H2,1-2H3/t16-,22+,23-,24+/m1/s1. The van der Waals surface area contributed by atoms with Crippen molar-refractivity contribution >= 4 is 16.9 Å². The van der Waals surface area contributed by atoms with Gasteiger partial charge in [-0.25, -0.2) is 4.39 Å². The van der Waals surface area contributed by atoms with Gasteiger partial charge in [-0.3, -0.25) is 9.69 Å². The maximum atomic E-state index is 15.0. The van der Waals surface area contributed by atoms with Crippen LogP contribution in [-0.2, 0) is 20.7 Å². The molecule has 0 bridgehead atoms. The molecule has 5 rings (SSSR count). The number of aromatic amines is 1. The second-order valence-corrected chi connectivity index (χ2v) is 8.92. The molecule has 33 heavy (non-hydrogen) atoms. The van der Waals surface area contributed by atoms with Gasteiger partial charge in [0.25, 0.3) is 0 Å². The van der Waals surface area contributed by atoms with Gasteiger partial charge in [-0.1, -0.05) is 36.4 Å². The monoisotopic (exact) mass is 451 g/mol. The lowest BCUT2D eigenvalue weighted by Gasteiger charge is -2.50. The van der Waals surface area contributed by atoms with Crippen LogP contribution in [0, 0.1) is 5.82 Å². The summed E-state index contributed by atoms with van der Waals surface area (Å²) in [5.74, 6) is -0.520. The van der Waals surface area contributed by atoms with Gasteiger partial charge in [0, 0.05) is 54.3 Å². The summed E-state index contributed by atoms with van der Waals surface area (Å²) in [4.78, 5) is 18.9. The molecule has 1 fully saturated rings. The Morgan fingerprint density at radius 2 is 1.88 bits per heavy atom. The van der Waals surface area contributed by atoms with E-state index >= 15 is 4.39 Å². The van der Waals surface area contributed by atoms with E-state index < -0.39 is 6.04 Å². The highest BCUT2D eigenvalue weighted by Gasteiger charge is 2.48. The summed E-state index contributed by atoms with van der Waals surface area (Å²) < 4.78 is 25.5. The van der Waals surface area contributed by atoms with Crippen LogP contribution >= 0.6 is 0 Å². The first-order valence-electron chi connectivity index (χ1n) is 11.5. The summed E-state index contributed by atoms with van der Waals surface area (Å²) in [7, 11) is 3.12. The highest BCUT2D eigenvalue weighted by Crippen LogP contribution is 2.49. The number of fused-ring (bicyclic) bond motifs is 5. The normalized spacial score (nSPS) is 24.9. The molecule has 0 amide bonds. The first kappa shape index (κ1) is 22.1. The molecule has 0 radical (unpaired) electrons. The number of aromatic nitrogens is 1. The Kier molecular flexibility index (Phi) is 6.19. The number of carbonyl (C=O) groups excluding carboxylic acids is 1. The molecule has 4 atom stereocenters. The highest BCUT2D eigenvalue weighted by atomic mass is 19.1. The number of rotatable bonds is 6. The van der Waals surface area contributed by atoms with Gasteiger partial charge in [0.1, 0.15) is 11.9 Å². The van der Waals surface area contributed by atoms with Crippen LogP contribution in [0.1, 0.15) is 41.7 Å². The van der Waals surface area contributed by atoms with Crippen LogP contribution in [0.25, 0.3) is 10.9 Å². The van der Waals surface area contributed by atoms with E-state index in [9.17, 15) is 4.79 Å². The van der Waals surface area contributed by atoms with Crippen LogP contribution in [0.15, 0.2) is 48.5 Å². The van der Waals surface area contributed by atoms with E-state index in [1.54, 1.807) is 13.2 Å². The first-order chi connectivity index (χ1) is 16.1. The van der Waals surface area contributed by atoms with Crippen LogP contribution in [0.4, 0.5) is 4.39 Å². The molecular formula is C26H30FN3O3. The van der Waals surface area contributed by atoms with Crippen molar-refractivity contribution in [2.75, 3.05) is 27.4 Å². The Morgan fingerprint density at radius 3 is 2.67 bits per heavy atom. The van der Waals surface area contributed by atoms with Gasteiger partial charge in [-0.2, -0.15) is 0 Å². The van der Waals surface area contributed by atoms with Crippen molar-refractivity contribution in [2.24, 2.45) is 0 Å². The summed E-state index contributed by atoms with van der Waals surface area (Å²) in [5.41, 5.74) is 3.96. The summed E-state index contributed by atoms with van der Waals surface area (Å²) in [6.07, 6.45) is 2.04. The predicted octanol–water partition coefficient (Wildman–Crippen LogP) is 3.89. The van der Waals surface area contributed by atoms with E-state index in [1.165, 1.54) is 13.2 Å². The number of carbonyl (C=O) groups is 1. The second kappa shape index (κ2) is 9.25. The van der Waals surface area contributed by atoms with Crippen molar-refractivity contribution in [3.8, 4) is 0 Å². The molecule has 2 N–H and O–H groups in total. The van der Waals surface area contributed by atoms with E-state index in [4.69, 9.17) is 9.47 Å². The number of methoxy groups -OCH3 is 2. The molecule has 1 aromatic heterocycles. The summed E-state index contributed by atoms with van der Waals surface area (Å²) in [6, 6.07) is 14.5. The molecule has 2 aliphatic heterocycles. The Bertz CT molecular complexity index is 1150. The molecule has 0 aliphatic carbocycles. The lowest BCUT2D eigenvalue weighted by atomic mass is 9.79. The number of nitrogens with one attached hydrogen (secondary N) is 2. The molecule has 2 aliphatic rings. The molecule has 0 spiro atoms. The van der Waals surface area contributed by atoms with Gasteiger partial charge < -0.3 is 19.8 Å². The third kappa shape index (κ3) is 3.94. The topological polar surface area (TPSA) is 66.6 Å². The van der Waals surface area contributed by atoms with E-state index in [0.29, 0.717) is 25.0 Å². The lowest BCUT2D eigenvalue weighted by molar-refractivity contribution is -0.152. The average molecular weight is 452 g/mol. The van der Waals surface area contributed by atoms with Gasteiger partial charge in [0.2, 0.25) is 0 Å². The van der Waals surface area contributed by atoms with Crippen molar-refractivity contribution < 1.29 is 18.7 Å². The smallest absolute Gasteiger partial charge is 0.323 e. The van der Waals surface area contributed by atoms with Crippen LogP contribution in [0.2, 0.25) is 0 Å². The summed E-state index contributed by atoms with van der Waals surface area (Å²) in [5, 5.41) is 4.73. The lowest BCUT2D eigenvalue weighted by Crippen LogP contribution is -2.56. The molecule has 7 heteroatoms. The van der Waals surface area contributed by atoms with Crippen molar-refractivity contribution in [3.63, 3.8) is 0 Å². The number of hydrogen-bond acceptors (Lipinski definition) is 5. The average Bonchev–Trinajstić information content (AvgIpc) is 3.22. The predicted molar refractivity (Wildman–Crippen MR) is 124 cm³/mol. The molecule has 2 aromatic carbocycles. The minimum atomic E-state index is -0.476. The molecule has 0 unspecified atom stereocenters. The number of nitrogens with zero attached hydrogens (tertiary/aromatic N) is 1. The molecule has 0 saturated carbocycles. The van der Waals surface area contributed by atoms with Crippen molar-refractivity contribution in [2.45, 2.75) is 43.4 Å². The fraction of sp³-hybridized carbons (Fsp3) is 0.423. The van der Waals surface area contributed by atoms with Gasteiger partial charge >= 0.3 is 5.97 Å². The van der Waals surface area contributed by atoms with Gasteiger partial charge in [-0.15, -0.1) is 0 Å². The molecule has 3 heterocycles. The van der Waals surface area contributed by atoms with Crippen molar-refractivity contribution in [1.29, 1.82) is 0 Å². The fourth-order valence-electron chi connectivity index (χ4n) is 5.73. The zero-order valence-corrected chi connectivity index (χ0v) is 19.0. The number of halogens is 1. The van der Waals surface area contributed by atoms with Gasteiger partial charge in [-0.05, 0) is 30.5 Å². The number of piperidine rings is 1. The van der Waals surface area contributed by atoms with Crippen molar-refractivity contribution in [3.05, 3.63) is 71.2 Å². The Balaban J connectivity index is 1.63. The number of H-pyrrole nitrogens is 1. The zero-order valence-electron chi connectivity index (χ0n) is 19.0. The Hall–Kier alpha value is -2.74. The van der Waals surface area contributed by atoms with E-state index in [1.807, 2.05) is 24.3 Å². The van der Waals surface area contributed by atoms with E-state index in [0.717, 1.165) is 35.1 Å². The third-order valence-corrected chi connectivity index (χ3v) is 7.15. The molecular weight excluding hydrogens is 421 g/mol. The summed E-state index contributed by atoms with van der Waals surface area (Å²) >= 11 is 0. The number of hydrogen-bond donors (Lipinski definition) is 2. The Morgan fingerprint density at radius 1 is 1.12 bits per heavy atom. The SMILES string of the molecule is COCCN[C@H]1C[C@@H]2c3[nH]c4ccccc4c3C[C@@H](C(=O)OC)N2[C@H](c2ccccc2F)C1. The van der Waals surface area contributed by atoms with Gasteiger partial charge in [0.05, 0.1) is 19.8 Å². The quantitative estimate of drug-likeness (QED) is 0.440. The van der Waals surface area contributed by atoms with Gasteiger partial charge in [0.15, 0.2) is 0 Å². The second-order valence-electron chi connectivity index (χ2n) is 8.92. The minimum Gasteiger partial charge on any atom is -0.468 e. The number of esters is 1. The maximum absolute atomic E-state index is 15.0. The Labute approximate surface area is 193 Å². The number of ether oxygens (including phenoxy) is 2. The summed E-state index contributed by atoms with van der Waals surface area (Å²) in [6.45, 7) is 1.33. The first-order valence-corrected chi connectivity index (χ1v) is 11.5. The fourth-order valence-corrected chi connectivity index (χ4v) is 5.73. The molecule has 174 valence electrons. The largest absolute Gasteiger partial charge is 0.468 e. The van der Waals surface area contributed by atoms with E-state index in [-0.39, 0.29) is 29.9 Å². The van der Waals surface area contributed by atoms with Crippen molar-refractivity contribution in [1.82, 2.24) is 15.2 Å². The van der Waals surface area contributed by atoms with Crippen LogP contribution < -0.4 is 5.32 Å². The zero-order chi connectivity index (χ0) is 22.9. The molecule has 1 saturated heterocycles. The number of para-hydroxylation sites is 1. The minimum absolute atomic E-state index is 0.0661. The van der Waals surface area contributed by atoms with Crippen LogP contribution in [-0.4, -0.2) is 55.3 Å². The van der Waals surface area contributed by atoms with Crippen LogP contribution in [0.5, 0.6) is 0 Å². The number of benzene rings is 2.